The molecule has 1 unspecified atom stereocenters. The van der Waals surface area contributed by atoms with Crippen LogP contribution in [0.3, 0.4) is 0 Å². The first-order valence-electron chi connectivity index (χ1n) is 18.5. The normalized spacial score (nSPS) is 18.9. The number of anilines is 5. The molecule has 3 aliphatic rings. The Morgan fingerprint density at radius 1 is 0.945 bits per heavy atom. The Morgan fingerprint density at radius 3 is 2.44 bits per heavy atom. The minimum absolute atomic E-state index is 0.257. The van der Waals surface area contributed by atoms with Crippen molar-refractivity contribution >= 4 is 64.7 Å². The minimum atomic E-state index is -2.55. The number of hydrogen-bond acceptors (Lipinski definition) is 12. The first kappa shape index (κ1) is 38.6. The largest absolute Gasteiger partial charge is 0.494 e. The second-order valence-corrected chi connectivity index (χ2v) is 18.2. The second kappa shape index (κ2) is 16.6. The molecule has 55 heavy (non-hydrogen) atoms. The zero-order valence-corrected chi connectivity index (χ0v) is 32.9. The van der Waals surface area contributed by atoms with Crippen LogP contribution in [0.15, 0.2) is 60.9 Å². The highest BCUT2D eigenvalue weighted by Gasteiger charge is 2.31. The highest BCUT2D eigenvalue weighted by molar-refractivity contribution is 7.70. The van der Waals surface area contributed by atoms with Crippen molar-refractivity contribution in [2.75, 3.05) is 75.2 Å². The van der Waals surface area contributed by atoms with E-state index in [4.69, 9.17) is 16.3 Å². The van der Waals surface area contributed by atoms with Gasteiger partial charge in [0.1, 0.15) is 23.7 Å². The molecule has 4 aromatic rings. The number of para-hydroxylation sites is 1. The maximum absolute atomic E-state index is 14.8. The van der Waals surface area contributed by atoms with Crippen LogP contribution in [-0.4, -0.2) is 102 Å². The Kier molecular flexibility index (Phi) is 11.7. The fourth-order valence-corrected chi connectivity index (χ4v) is 8.89. The number of benzene rings is 2. The fourth-order valence-electron chi connectivity index (χ4n) is 7.59. The number of methoxy groups -OCH3 is 1. The monoisotopic (exact) mass is 789 g/mol. The second-order valence-electron chi connectivity index (χ2n) is 14.6. The van der Waals surface area contributed by atoms with Gasteiger partial charge in [0.05, 0.1) is 42.5 Å². The molecule has 0 aliphatic carbocycles. The van der Waals surface area contributed by atoms with Crippen LogP contribution in [0.1, 0.15) is 42.9 Å². The molecule has 2 aromatic carbocycles. The summed E-state index contributed by atoms with van der Waals surface area (Å²) in [6, 6.07) is 15.6. The van der Waals surface area contributed by atoms with E-state index in [2.05, 4.69) is 51.7 Å². The smallest absolute Gasteiger partial charge is 0.235 e. The molecular weight excluding hydrogens is 744 g/mol. The van der Waals surface area contributed by atoms with Crippen molar-refractivity contribution in [3.63, 3.8) is 0 Å². The summed E-state index contributed by atoms with van der Waals surface area (Å²) in [5.41, 5.74) is 3.49. The molecule has 2 aromatic heterocycles. The Bertz CT molecular complexity index is 2100. The van der Waals surface area contributed by atoms with Gasteiger partial charge in [0.2, 0.25) is 17.8 Å². The number of halogens is 2. The molecule has 1 atom stereocenters. The summed E-state index contributed by atoms with van der Waals surface area (Å²) in [7, 11) is -0.916. The summed E-state index contributed by atoms with van der Waals surface area (Å²) in [5, 5.41) is 9.91. The van der Waals surface area contributed by atoms with Crippen LogP contribution in [-0.2, 0) is 20.7 Å². The first-order chi connectivity index (χ1) is 26.4. The molecule has 0 saturated carbocycles. The number of nitrogens with one attached hydrogen (secondary N) is 3. The maximum atomic E-state index is 14.8. The van der Waals surface area contributed by atoms with Crippen molar-refractivity contribution in [2.45, 2.75) is 44.2 Å². The van der Waals surface area contributed by atoms with E-state index in [0.717, 1.165) is 57.8 Å². The maximum Gasteiger partial charge on any atom is 0.235 e. The number of carbonyl (C=O) groups is 2. The van der Waals surface area contributed by atoms with Crippen LogP contribution in [0.2, 0.25) is 5.02 Å². The van der Waals surface area contributed by atoms with Crippen molar-refractivity contribution < 1.29 is 23.3 Å². The van der Waals surface area contributed by atoms with Gasteiger partial charge in [-0.15, -0.1) is 0 Å². The lowest BCUT2D eigenvalue weighted by atomic mass is 9.93. The topological polar surface area (TPSA) is 145 Å². The lowest BCUT2D eigenvalue weighted by Crippen LogP contribution is -2.53. The highest BCUT2D eigenvalue weighted by atomic mass is 35.5. The zero-order valence-electron chi connectivity index (χ0n) is 31.2. The van der Waals surface area contributed by atoms with Crippen LogP contribution in [0.5, 0.6) is 5.75 Å². The number of hydrogen-bond donors (Lipinski definition) is 3. The van der Waals surface area contributed by atoms with Gasteiger partial charge < -0.3 is 24.8 Å². The number of imide groups is 1. The minimum Gasteiger partial charge on any atom is -0.494 e. The SMILES string of the molecule is COc1cc(N2CCC(N3CCN(Cc4cc(C5CCC(=O)NC5=O)ncc4F)CC3)CC2)ccc1Nc1ncc(Cl)c(Nc2ccccc2P(C)(C)=O)n1. The summed E-state index contributed by atoms with van der Waals surface area (Å²) in [5.74, 6) is -0.188. The third-order valence-corrected chi connectivity index (χ3v) is 12.4. The Labute approximate surface area is 325 Å². The van der Waals surface area contributed by atoms with Crippen LogP contribution in [0.4, 0.5) is 33.2 Å². The van der Waals surface area contributed by atoms with E-state index in [-0.39, 0.29) is 24.1 Å². The van der Waals surface area contributed by atoms with Gasteiger partial charge in [0.25, 0.3) is 0 Å². The third kappa shape index (κ3) is 9.10. The van der Waals surface area contributed by atoms with Gasteiger partial charge in [0, 0.05) is 80.9 Å². The average molecular weight is 790 g/mol. The van der Waals surface area contributed by atoms with Gasteiger partial charge in [-0.05, 0) is 62.9 Å². The number of piperazine rings is 1. The lowest BCUT2D eigenvalue weighted by Gasteiger charge is -2.43. The lowest BCUT2D eigenvalue weighted by molar-refractivity contribution is -0.134. The van der Waals surface area contributed by atoms with E-state index >= 15 is 0 Å². The molecule has 16 heteroatoms. The van der Waals surface area contributed by atoms with Crippen LogP contribution < -0.4 is 30.9 Å². The zero-order chi connectivity index (χ0) is 38.7. The van der Waals surface area contributed by atoms with Gasteiger partial charge in [-0.2, -0.15) is 4.98 Å². The number of aromatic nitrogens is 3. The molecule has 3 fully saturated rings. The average Bonchev–Trinajstić information content (AvgIpc) is 3.17. The highest BCUT2D eigenvalue weighted by Crippen LogP contribution is 2.39. The number of amides is 2. The molecule has 3 N–H and O–H groups in total. The fraction of sp³-hybridized carbons (Fsp3) is 0.410. The Morgan fingerprint density at radius 2 is 1.71 bits per heavy atom. The Balaban J connectivity index is 0.922. The number of piperidine rings is 2. The molecule has 3 aliphatic heterocycles. The van der Waals surface area contributed by atoms with Crippen molar-refractivity contribution in [1.82, 2.24) is 30.1 Å². The van der Waals surface area contributed by atoms with Crippen molar-refractivity contribution in [1.29, 1.82) is 0 Å². The quantitative estimate of drug-likeness (QED) is 0.126. The molecule has 5 heterocycles. The summed E-state index contributed by atoms with van der Waals surface area (Å²) in [6.07, 6.45) is 5.41. The van der Waals surface area contributed by atoms with E-state index in [9.17, 15) is 18.5 Å². The van der Waals surface area contributed by atoms with Gasteiger partial charge in [-0.25, -0.2) is 9.37 Å². The summed E-state index contributed by atoms with van der Waals surface area (Å²) >= 11 is 6.46. The standard InChI is InChI=1S/C39H46ClFN9O4P/c1-54-34-21-27(8-10-31(34)45-39-43-22-29(40)37(47-39)44-32-6-4-5-7-35(32)55(2,3)53)49-14-12-26(13-15-49)50-18-16-48(17-19-50)24-25-20-33(42-23-30(25)41)28-9-11-36(51)46-38(28)52/h4-8,10,20-23,26,28H,9,11-19,24H2,1-3H3,(H,46,51,52)(H2,43,44,45,47). The molecule has 2 amide bonds. The number of rotatable bonds is 11. The Hall–Kier alpha value is -4.62. The third-order valence-electron chi connectivity index (χ3n) is 10.6. The van der Waals surface area contributed by atoms with Crippen LogP contribution in [0, 0.1) is 5.82 Å². The van der Waals surface area contributed by atoms with Crippen molar-refractivity contribution in [3.8, 4) is 5.75 Å². The van der Waals surface area contributed by atoms with Crippen molar-refractivity contribution in [3.05, 3.63) is 83.0 Å². The predicted molar refractivity (Wildman–Crippen MR) is 214 cm³/mol. The predicted octanol–water partition coefficient (Wildman–Crippen LogP) is 5.71. The molecule has 0 radical (unpaired) electrons. The van der Waals surface area contributed by atoms with Crippen LogP contribution >= 0.6 is 18.7 Å². The van der Waals surface area contributed by atoms with Gasteiger partial charge in [-0.3, -0.25) is 29.7 Å². The van der Waals surface area contributed by atoms with Gasteiger partial charge in [-0.1, -0.05) is 23.7 Å². The summed E-state index contributed by atoms with van der Waals surface area (Å²) < 4.78 is 33.5. The summed E-state index contributed by atoms with van der Waals surface area (Å²) in [6.45, 7) is 9.17. The molecule has 0 spiro atoms. The molecule has 3 saturated heterocycles. The molecular formula is C39H46ClFN9O4P. The van der Waals surface area contributed by atoms with Crippen molar-refractivity contribution in [2.24, 2.45) is 0 Å². The number of nitrogens with zero attached hydrogens (tertiary/aromatic N) is 6. The molecule has 0 bridgehead atoms. The number of pyridine rings is 1. The molecule has 290 valence electrons. The first-order valence-corrected chi connectivity index (χ1v) is 21.5. The van der Waals surface area contributed by atoms with Gasteiger partial charge in [0.15, 0.2) is 5.82 Å². The molecule has 7 rings (SSSR count). The number of ether oxygens (including phenoxy) is 1. The summed E-state index contributed by atoms with van der Waals surface area (Å²) in [4.78, 5) is 44.3. The van der Waals surface area contributed by atoms with Crippen LogP contribution in [0.25, 0.3) is 0 Å². The van der Waals surface area contributed by atoms with E-state index in [1.54, 1.807) is 26.5 Å². The van der Waals surface area contributed by atoms with E-state index < -0.39 is 13.1 Å². The van der Waals surface area contributed by atoms with Gasteiger partial charge >= 0.3 is 0 Å². The number of carbonyl (C=O) groups excluding carboxylic acids is 2. The van der Waals surface area contributed by atoms with E-state index in [1.165, 1.54) is 12.4 Å². The van der Waals surface area contributed by atoms with E-state index in [0.29, 0.717) is 69.5 Å². The van der Waals surface area contributed by atoms with E-state index in [1.807, 2.05) is 36.4 Å². The molecule has 13 nitrogen and oxygen atoms in total.